The molecular formula is C13H21N3O. The number of aromatic nitrogens is 2. The number of ether oxygens (including phenoxy) is 1. The molecule has 4 nitrogen and oxygen atoms in total. The minimum atomic E-state index is 0.666. The highest BCUT2D eigenvalue weighted by atomic mass is 16.5. The quantitative estimate of drug-likeness (QED) is 0.849. The summed E-state index contributed by atoms with van der Waals surface area (Å²) in [6.07, 6.45) is 7.66. The Morgan fingerprint density at radius 2 is 2.41 bits per heavy atom. The number of methoxy groups -OCH3 is 1. The summed E-state index contributed by atoms with van der Waals surface area (Å²) in [5.41, 5.74) is 0. The second kappa shape index (κ2) is 4.69. The summed E-state index contributed by atoms with van der Waals surface area (Å²) in [7, 11) is 1.72. The Labute approximate surface area is 102 Å². The lowest BCUT2D eigenvalue weighted by Crippen LogP contribution is -2.26. The van der Waals surface area contributed by atoms with Crippen LogP contribution in [0.1, 0.15) is 25.7 Å². The fourth-order valence-electron chi connectivity index (χ4n) is 3.36. The van der Waals surface area contributed by atoms with Crippen LogP contribution in [0.5, 0.6) is 0 Å². The van der Waals surface area contributed by atoms with Crippen LogP contribution in [-0.4, -0.2) is 29.5 Å². The molecule has 0 aromatic carbocycles. The van der Waals surface area contributed by atoms with Crippen LogP contribution in [0.25, 0.3) is 0 Å². The first kappa shape index (κ1) is 11.1. The van der Waals surface area contributed by atoms with Gasteiger partial charge >= 0.3 is 0 Å². The zero-order valence-corrected chi connectivity index (χ0v) is 10.4. The van der Waals surface area contributed by atoms with Gasteiger partial charge in [-0.25, -0.2) is 0 Å². The van der Waals surface area contributed by atoms with Crippen LogP contribution in [0.4, 0.5) is 5.82 Å². The van der Waals surface area contributed by atoms with Gasteiger partial charge in [0.25, 0.3) is 0 Å². The molecule has 0 aliphatic heterocycles. The summed E-state index contributed by atoms with van der Waals surface area (Å²) >= 11 is 0. The lowest BCUT2D eigenvalue weighted by molar-refractivity contribution is 0.183. The van der Waals surface area contributed by atoms with Crippen molar-refractivity contribution in [2.75, 3.05) is 19.0 Å². The lowest BCUT2D eigenvalue weighted by Gasteiger charge is -2.22. The van der Waals surface area contributed by atoms with E-state index in [-0.39, 0.29) is 0 Å². The Hall–Kier alpha value is -1.03. The molecule has 4 heteroatoms. The number of rotatable bonds is 5. The van der Waals surface area contributed by atoms with Crippen LogP contribution < -0.4 is 5.32 Å². The highest BCUT2D eigenvalue weighted by Gasteiger charge is 2.39. The van der Waals surface area contributed by atoms with E-state index < -0.39 is 0 Å². The number of nitrogens with one attached hydrogen (secondary N) is 1. The number of hydrogen-bond donors (Lipinski definition) is 1. The van der Waals surface area contributed by atoms with Crippen molar-refractivity contribution in [2.24, 2.45) is 11.8 Å². The molecule has 3 unspecified atom stereocenters. The fourth-order valence-corrected chi connectivity index (χ4v) is 3.36. The molecule has 1 N–H and O–H groups in total. The molecule has 2 aliphatic rings. The Kier molecular flexibility index (Phi) is 3.05. The van der Waals surface area contributed by atoms with Crippen LogP contribution in [0.2, 0.25) is 0 Å². The van der Waals surface area contributed by atoms with E-state index in [9.17, 15) is 0 Å². The van der Waals surface area contributed by atoms with Crippen molar-refractivity contribution in [3.8, 4) is 0 Å². The van der Waals surface area contributed by atoms with E-state index in [2.05, 4.69) is 16.5 Å². The van der Waals surface area contributed by atoms with E-state index in [0.717, 1.165) is 30.8 Å². The van der Waals surface area contributed by atoms with Gasteiger partial charge in [-0.15, -0.1) is 0 Å². The Bertz CT molecular complexity index is 376. The molecule has 0 amide bonds. The van der Waals surface area contributed by atoms with Crippen LogP contribution in [-0.2, 0) is 11.3 Å². The first-order valence-electron chi connectivity index (χ1n) is 6.64. The van der Waals surface area contributed by atoms with Crippen molar-refractivity contribution in [1.82, 2.24) is 9.78 Å². The largest absolute Gasteiger partial charge is 0.383 e. The van der Waals surface area contributed by atoms with E-state index in [1.54, 1.807) is 7.11 Å². The van der Waals surface area contributed by atoms with E-state index >= 15 is 0 Å². The van der Waals surface area contributed by atoms with Crippen molar-refractivity contribution in [2.45, 2.75) is 38.3 Å². The predicted octanol–water partition coefficient (Wildman–Crippen LogP) is 2.13. The molecule has 2 saturated carbocycles. The zero-order chi connectivity index (χ0) is 11.7. The number of fused-ring (bicyclic) bond motifs is 2. The molecule has 1 aromatic rings. The third-order valence-corrected chi connectivity index (χ3v) is 4.24. The Morgan fingerprint density at radius 1 is 1.47 bits per heavy atom. The van der Waals surface area contributed by atoms with Gasteiger partial charge in [0.15, 0.2) is 0 Å². The summed E-state index contributed by atoms with van der Waals surface area (Å²) in [5, 5.41) is 8.12. The molecule has 1 heterocycles. The molecule has 0 radical (unpaired) electrons. The Morgan fingerprint density at radius 3 is 3.12 bits per heavy atom. The van der Waals surface area contributed by atoms with Crippen LogP contribution in [0.15, 0.2) is 12.3 Å². The summed E-state index contributed by atoms with van der Waals surface area (Å²) in [5.74, 6) is 2.90. The molecule has 94 valence electrons. The number of anilines is 1. The van der Waals surface area contributed by atoms with Gasteiger partial charge in [0, 0.05) is 25.4 Å². The van der Waals surface area contributed by atoms with Crippen molar-refractivity contribution < 1.29 is 4.74 Å². The molecule has 0 spiro atoms. The molecule has 2 fully saturated rings. The van der Waals surface area contributed by atoms with E-state index in [0.29, 0.717) is 6.04 Å². The van der Waals surface area contributed by atoms with Gasteiger partial charge in [-0.3, -0.25) is 4.68 Å². The Balaban J connectivity index is 1.56. The van der Waals surface area contributed by atoms with Crippen molar-refractivity contribution >= 4 is 5.82 Å². The van der Waals surface area contributed by atoms with Gasteiger partial charge in [0.05, 0.1) is 13.2 Å². The lowest BCUT2D eigenvalue weighted by atomic mass is 9.95. The molecule has 3 atom stereocenters. The molecule has 17 heavy (non-hydrogen) atoms. The second-order valence-corrected chi connectivity index (χ2v) is 5.38. The molecule has 2 bridgehead atoms. The average molecular weight is 235 g/mol. The summed E-state index contributed by atoms with van der Waals surface area (Å²) in [6.45, 7) is 1.55. The summed E-state index contributed by atoms with van der Waals surface area (Å²) < 4.78 is 6.99. The van der Waals surface area contributed by atoms with Crippen molar-refractivity contribution in [3.05, 3.63) is 12.3 Å². The van der Waals surface area contributed by atoms with Gasteiger partial charge in [-0.2, -0.15) is 5.10 Å². The van der Waals surface area contributed by atoms with Crippen LogP contribution >= 0.6 is 0 Å². The predicted molar refractivity (Wildman–Crippen MR) is 67.0 cm³/mol. The molecule has 0 saturated heterocycles. The third-order valence-electron chi connectivity index (χ3n) is 4.24. The zero-order valence-electron chi connectivity index (χ0n) is 10.4. The number of hydrogen-bond acceptors (Lipinski definition) is 3. The fraction of sp³-hybridized carbons (Fsp3) is 0.769. The third kappa shape index (κ3) is 2.32. The van der Waals surface area contributed by atoms with Gasteiger partial charge in [-0.05, 0) is 31.1 Å². The first-order chi connectivity index (χ1) is 8.35. The number of nitrogens with zero attached hydrogens (tertiary/aromatic N) is 2. The second-order valence-electron chi connectivity index (χ2n) is 5.38. The average Bonchev–Trinajstić information content (AvgIpc) is 3.02. The molecule has 2 aliphatic carbocycles. The van der Waals surface area contributed by atoms with Gasteiger partial charge in [0.2, 0.25) is 0 Å². The topological polar surface area (TPSA) is 39.1 Å². The minimum Gasteiger partial charge on any atom is -0.383 e. The van der Waals surface area contributed by atoms with E-state index in [1.165, 1.54) is 25.7 Å². The van der Waals surface area contributed by atoms with E-state index in [1.807, 2.05) is 10.9 Å². The maximum absolute atomic E-state index is 5.05. The molecular weight excluding hydrogens is 214 g/mol. The van der Waals surface area contributed by atoms with Crippen LogP contribution in [0.3, 0.4) is 0 Å². The highest BCUT2D eigenvalue weighted by Crippen LogP contribution is 2.45. The highest BCUT2D eigenvalue weighted by molar-refractivity contribution is 5.34. The molecule has 1 aromatic heterocycles. The summed E-state index contributed by atoms with van der Waals surface area (Å²) in [6, 6.07) is 2.74. The van der Waals surface area contributed by atoms with Gasteiger partial charge in [-0.1, -0.05) is 6.42 Å². The maximum Gasteiger partial charge on any atom is 0.148 e. The summed E-state index contributed by atoms with van der Waals surface area (Å²) in [4.78, 5) is 0. The van der Waals surface area contributed by atoms with Gasteiger partial charge in [0.1, 0.15) is 5.82 Å². The van der Waals surface area contributed by atoms with E-state index in [4.69, 9.17) is 4.74 Å². The smallest absolute Gasteiger partial charge is 0.148 e. The first-order valence-corrected chi connectivity index (χ1v) is 6.64. The van der Waals surface area contributed by atoms with Crippen LogP contribution in [0, 0.1) is 11.8 Å². The minimum absolute atomic E-state index is 0.666. The van der Waals surface area contributed by atoms with Crippen molar-refractivity contribution in [1.29, 1.82) is 0 Å². The molecule has 3 rings (SSSR count). The monoisotopic (exact) mass is 235 g/mol. The van der Waals surface area contributed by atoms with Gasteiger partial charge < -0.3 is 10.1 Å². The normalized spacial score (nSPS) is 31.0. The van der Waals surface area contributed by atoms with Crippen molar-refractivity contribution in [3.63, 3.8) is 0 Å². The maximum atomic E-state index is 5.05. The SMILES string of the molecule is COCCn1ccc(NC2CC3CCC2C3)n1. The standard InChI is InChI=1S/C13H21N3O/c1-17-7-6-16-5-4-13(15-16)14-12-9-10-2-3-11(12)8-10/h4-5,10-12H,2-3,6-9H2,1H3,(H,14,15).